The van der Waals surface area contributed by atoms with Crippen LogP contribution in [0.5, 0.6) is 5.75 Å². The van der Waals surface area contributed by atoms with Crippen molar-refractivity contribution in [2.24, 2.45) is 0 Å². The quantitative estimate of drug-likeness (QED) is 0.468. The lowest BCUT2D eigenvalue weighted by atomic mass is 10.2. The van der Waals surface area contributed by atoms with Gasteiger partial charge in [0.1, 0.15) is 0 Å². The Kier molecular flexibility index (Phi) is 5.67. The van der Waals surface area contributed by atoms with Gasteiger partial charge in [0.2, 0.25) is 5.01 Å². The normalized spacial score (nSPS) is 11.3. The molecule has 0 saturated heterocycles. The average molecular weight is 417 g/mol. The number of nitrogens with one attached hydrogen (secondary N) is 1. The van der Waals surface area contributed by atoms with Gasteiger partial charge < -0.3 is 10.4 Å². The first-order valence-corrected chi connectivity index (χ1v) is 9.09. The highest BCUT2D eigenvalue weighted by Gasteiger charge is 2.16. The van der Waals surface area contributed by atoms with E-state index in [-0.39, 0.29) is 15.0 Å². The number of nitro groups is 1. The molecule has 2 N–H and O–H groups in total. The average Bonchev–Trinajstić information content (AvgIpc) is 3.15. The molecule has 0 spiro atoms. The predicted molar refractivity (Wildman–Crippen MR) is 108 cm³/mol. The smallest absolute Gasteiger partial charge is 0.311 e. The molecule has 0 aliphatic carbocycles. The van der Waals surface area contributed by atoms with Crippen LogP contribution in [0.15, 0.2) is 42.5 Å². The minimum absolute atomic E-state index is 0.124. The SMILES string of the molecule is Cc1ccc(NC(=O)c2nnc(/C(Cl)=C/c3ccc(O)c([N+](=O)[O-])c3)s2)cc1. The second-order valence-electron chi connectivity index (χ2n) is 5.73. The lowest BCUT2D eigenvalue weighted by Gasteiger charge is -2.02. The zero-order valence-electron chi connectivity index (χ0n) is 14.4. The molecule has 0 unspecified atom stereocenters. The largest absolute Gasteiger partial charge is 0.502 e. The third kappa shape index (κ3) is 4.51. The number of phenols is 1. The summed E-state index contributed by atoms with van der Waals surface area (Å²) >= 11 is 7.20. The molecule has 3 rings (SSSR count). The van der Waals surface area contributed by atoms with E-state index in [0.29, 0.717) is 11.3 Å². The summed E-state index contributed by atoms with van der Waals surface area (Å²) in [5.74, 6) is -0.860. The number of benzene rings is 2. The number of aromatic nitrogens is 2. The topological polar surface area (TPSA) is 118 Å². The van der Waals surface area contributed by atoms with Crippen molar-refractivity contribution in [2.45, 2.75) is 6.92 Å². The minimum atomic E-state index is -0.695. The summed E-state index contributed by atoms with van der Waals surface area (Å²) in [6, 6.07) is 11.2. The Morgan fingerprint density at radius 1 is 1.21 bits per heavy atom. The Morgan fingerprint density at radius 3 is 2.57 bits per heavy atom. The van der Waals surface area contributed by atoms with Crippen LogP contribution in [0.25, 0.3) is 11.1 Å². The number of carbonyl (C=O) groups is 1. The zero-order valence-corrected chi connectivity index (χ0v) is 16.0. The molecule has 142 valence electrons. The van der Waals surface area contributed by atoms with Gasteiger partial charge in [0.15, 0.2) is 10.8 Å². The van der Waals surface area contributed by atoms with Gasteiger partial charge in [0.25, 0.3) is 5.91 Å². The minimum Gasteiger partial charge on any atom is -0.502 e. The summed E-state index contributed by atoms with van der Waals surface area (Å²) in [4.78, 5) is 22.5. The van der Waals surface area contributed by atoms with Gasteiger partial charge in [-0.3, -0.25) is 14.9 Å². The Labute approximate surface area is 168 Å². The summed E-state index contributed by atoms with van der Waals surface area (Å²) in [5, 5.41) is 31.4. The molecule has 0 aliphatic rings. The van der Waals surface area contributed by atoms with Crippen LogP contribution in [0.1, 0.15) is 25.9 Å². The number of rotatable bonds is 5. The number of phenolic OH excluding ortho intramolecular Hbond substituents is 1. The van der Waals surface area contributed by atoms with Crippen LogP contribution >= 0.6 is 22.9 Å². The Morgan fingerprint density at radius 2 is 1.89 bits per heavy atom. The van der Waals surface area contributed by atoms with Crippen LogP contribution < -0.4 is 5.32 Å². The maximum Gasteiger partial charge on any atom is 0.311 e. The summed E-state index contributed by atoms with van der Waals surface area (Å²) in [6.45, 7) is 1.94. The number of amides is 1. The van der Waals surface area contributed by atoms with Gasteiger partial charge in [-0.05, 0) is 36.8 Å². The highest BCUT2D eigenvalue weighted by molar-refractivity contribution is 7.15. The van der Waals surface area contributed by atoms with Gasteiger partial charge in [0.05, 0.1) is 9.96 Å². The van der Waals surface area contributed by atoms with Crippen LogP contribution in [0.4, 0.5) is 11.4 Å². The highest BCUT2D eigenvalue weighted by Crippen LogP contribution is 2.30. The Bertz CT molecular complexity index is 1080. The number of aryl methyl sites for hydroxylation is 1. The lowest BCUT2D eigenvalue weighted by molar-refractivity contribution is -0.385. The van der Waals surface area contributed by atoms with Crippen molar-refractivity contribution < 1.29 is 14.8 Å². The second-order valence-corrected chi connectivity index (χ2v) is 7.11. The standard InChI is InChI=1S/C18H13ClN4O4S/c1-10-2-5-12(6-3-10)20-16(25)18-22-21-17(28-18)13(19)8-11-4-7-15(24)14(9-11)23(26)27/h2-9,24H,1H3,(H,20,25)/b13-8-. The lowest BCUT2D eigenvalue weighted by Crippen LogP contribution is -2.11. The third-order valence-corrected chi connectivity index (χ3v) is 4.98. The summed E-state index contributed by atoms with van der Waals surface area (Å²) in [7, 11) is 0. The first kappa shape index (κ1) is 19.5. The van der Waals surface area contributed by atoms with E-state index >= 15 is 0 Å². The molecule has 0 atom stereocenters. The number of nitrogens with zero attached hydrogens (tertiary/aromatic N) is 3. The van der Waals surface area contributed by atoms with Gasteiger partial charge in [-0.2, -0.15) is 0 Å². The summed E-state index contributed by atoms with van der Waals surface area (Å²) in [6.07, 6.45) is 1.44. The predicted octanol–water partition coefficient (Wildman–Crippen LogP) is 4.45. The molecule has 0 bridgehead atoms. The van der Waals surface area contributed by atoms with Crippen LogP contribution in [0.3, 0.4) is 0 Å². The van der Waals surface area contributed by atoms with Crippen molar-refractivity contribution in [3.8, 4) is 5.75 Å². The molecule has 10 heteroatoms. The van der Waals surface area contributed by atoms with E-state index < -0.39 is 22.3 Å². The fourth-order valence-electron chi connectivity index (χ4n) is 2.22. The highest BCUT2D eigenvalue weighted by atomic mass is 35.5. The van der Waals surface area contributed by atoms with Gasteiger partial charge in [-0.25, -0.2) is 0 Å². The van der Waals surface area contributed by atoms with E-state index in [1.807, 2.05) is 19.1 Å². The van der Waals surface area contributed by atoms with E-state index in [1.165, 1.54) is 24.3 Å². The van der Waals surface area contributed by atoms with Gasteiger partial charge in [-0.15, -0.1) is 10.2 Å². The van der Waals surface area contributed by atoms with Crippen molar-refractivity contribution >= 4 is 51.3 Å². The molecule has 28 heavy (non-hydrogen) atoms. The van der Waals surface area contributed by atoms with Gasteiger partial charge in [0, 0.05) is 11.8 Å². The van der Waals surface area contributed by atoms with E-state index in [4.69, 9.17) is 11.6 Å². The number of anilines is 1. The van der Waals surface area contributed by atoms with E-state index in [1.54, 1.807) is 12.1 Å². The van der Waals surface area contributed by atoms with E-state index in [2.05, 4.69) is 15.5 Å². The molecule has 0 fully saturated rings. The number of carbonyl (C=O) groups excluding carboxylic acids is 1. The van der Waals surface area contributed by atoms with Crippen LogP contribution in [0.2, 0.25) is 0 Å². The Balaban J connectivity index is 1.78. The van der Waals surface area contributed by atoms with Crippen LogP contribution in [-0.4, -0.2) is 26.1 Å². The molecule has 3 aromatic rings. The van der Waals surface area contributed by atoms with Gasteiger partial charge >= 0.3 is 5.69 Å². The van der Waals surface area contributed by atoms with Crippen molar-refractivity contribution in [1.82, 2.24) is 10.2 Å². The first-order chi connectivity index (χ1) is 13.3. The molecule has 1 aromatic heterocycles. The molecule has 0 aliphatic heterocycles. The number of halogens is 1. The number of aromatic hydroxyl groups is 1. The third-order valence-electron chi connectivity index (χ3n) is 3.62. The van der Waals surface area contributed by atoms with Crippen molar-refractivity contribution in [2.75, 3.05) is 5.32 Å². The Hall–Kier alpha value is -3.30. The summed E-state index contributed by atoms with van der Waals surface area (Å²) < 4.78 is 0. The van der Waals surface area contributed by atoms with Crippen LogP contribution in [0, 0.1) is 17.0 Å². The zero-order chi connectivity index (χ0) is 20.3. The van der Waals surface area contributed by atoms with Crippen LogP contribution in [-0.2, 0) is 0 Å². The second kappa shape index (κ2) is 8.15. The first-order valence-electron chi connectivity index (χ1n) is 7.90. The van der Waals surface area contributed by atoms with Crippen molar-refractivity contribution in [3.63, 3.8) is 0 Å². The molecule has 1 heterocycles. The fourth-order valence-corrected chi connectivity index (χ4v) is 3.14. The molecular weight excluding hydrogens is 404 g/mol. The number of hydrogen-bond acceptors (Lipinski definition) is 7. The van der Waals surface area contributed by atoms with E-state index in [0.717, 1.165) is 16.9 Å². The molecule has 0 radical (unpaired) electrons. The maximum absolute atomic E-state index is 12.3. The fraction of sp³-hybridized carbons (Fsp3) is 0.0556. The van der Waals surface area contributed by atoms with Gasteiger partial charge in [-0.1, -0.05) is 46.7 Å². The van der Waals surface area contributed by atoms with Crippen molar-refractivity contribution in [1.29, 1.82) is 0 Å². The maximum atomic E-state index is 12.3. The molecule has 0 saturated carbocycles. The monoisotopic (exact) mass is 416 g/mol. The summed E-state index contributed by atoms with van der Waals surface area (Å²) in [5.41, 5.74) is 1.66. The number of nitro benzene ring substituents is 1. The van der Waals surface area contributed by atoms with E-state index in [9.17, 15) is 20.0 Å². The van der Waals surface area contributed by atoms with Crippen molar-refractivity contribution in [3.05, 3.63) is 73.7 Å². The molecule has 2 aromatic carbocycles. The molecule has 1 amide bonds. The molecular formula is C18H13ClN4O4S. The molecule has 8 nitrogen and oxygen atoms in total. The number of hydrogen-bond donors (Lipinski definition) is 2.